The summed E-state index contributed by atoms with van der Waals surface area (Å²) in [5.74, 6) is 0.107. The van der Waals surface area contributed by atoms with E-state index in [4.69, 9.17) is 0 Å². The molecule has 152 valence electrons. The van der Waals surface area contributed by atoms with Crippen LogP contribution in [0.3, 0.4) is 0 Å². The van der Waals surface area contributed by atoms with Crippen LogP contribution in [-0.2, 0) is 10.8 Å². The fraction of sp³-hybridized carbons (Fsp3) is 0.519. The monoisotopic (exact) mass is 378 g/mol. The molecule has 0 aromatic heterocycles. The summed E-state index contributed by atoms with van der Waals surface area (Å²) in [5.41, 5.74) is 4.48. The van der Waals surface area contributed by atoms with Gasteiger partial charge in [0.2, 0.25) is 0 Å². The van der Waals surface area contributed by atoms with E-state index < -0.39 is 0 Å². The predicted molar refractivity (Wildman–Crippen MR) is 121 cm³/mol. The lowest BCUT2D eigenvalue weighted by Gasteiger charge is -2.25. The third-order valence-electron chi connectivity index (χ3n) is 6.17. The molecule has 0 amide bonds. The molecule has 0 saturated heterocycles. The highest BCUT2D eigenvalue weighted by Crippen LogP contribution is 2.31. The number of rotatable bonds is 10. The Kier molecular flexibility index (Phi) is 7.63. The van der Waals surface area contributed by atoms with E-state index in [1.165, 1.54) is 49.7 Å². The molecule has 0 unspecified atom stereocenters. The Bertz CT molecular complexity index is 682. The summed E-state index contributed by atoms with van der Waals surface area (Å²) in [5, 5.41) is 0. The number of carbonyl (C=O) groups excluding carboxylic acids is 1. The van der Waals surface area contributed by atoms with Gasteiger partial charge >= 0.3 is 0 Å². The Labute approximate surface area is 172 Å². The predicted octanol–water partition coefficient (Wildman–Crippen LogP) is 7.85. The van der Waals surface area contributed by atoms with Gasteiger partial charge in [-0.3, -0.25) is 4.79 Å². The maximum absolute atomic E-state index is 12.9. The van der Waals surface area contributed by atoms with E-state index in [1.54, 1.807) is 0 Å². The van der Waals surface area contributed by atoms with Crippen LogP contribution in [0.5, 0.6) is 0 Å². The van der Waals surface area contributed by atoms with E-state index in [-0.39, 0.29) is 16.6 Å². The Morgan fingerprint density at radius 2 is 0.964 bits per heavy atom. The zero-order valence-corrected chi connectivity index (χ0v) is 18.8. The molecule has 1 nitrogen and oxygen atoms in total. The van der Waals surface area contributed by atoms with Crippen LogP contribution in [0, 0.1) is 0 Å². The molecular formula is C27H38O. The van der Waals surface area contributed by atoms with Crippen molar-refractivity contribution in [3.63, 3.8) is 0 Å². The number of carbonyl (C=O) groups is 1. The summed E-state index contributed by atoms with van der Waals surface area (Å²) in [7, 11) is 0. The Morgan fingerprint density at radius 3 is 1.25 bits per heavy atom. The average Bonchev–Trinajstić information content (AvgIpc) is 2.70. The van der Waals surface area contributed by atoms with Crippen LogP contribution in [0.25, 0.3) is 0 Å². The molecule has 0 radical (unpaired) electrons. The molecule has 0 aliphatic rings. The van der Waals surface area contributed by atoms with Crippen molar-refractivity contribution in [3.05, 3.63) is 70.8 Å². The van der Waals surface area contributed by atoms with Crippen molar-refractivity contribution in [2.24, 2.45) is 0 Å². The Morgan fingerprint density at radius 1 is 0.643 bits per heavy atom. The normalized spacial score (nSPS) is 12.2. The summed E-state index contributed by atoms with van der Waals surface area (Å²) in [6.45, 7) is 13.6. The first-order chi connectivity index (χ1) is 13.2. The fourth-order valence-electron chi connectivity index (χ4n) is 3.84. The fourth-order valence-corrected chi connectivity index (χ4v) is 3.84. The van der Waals surface area contributed by atoms with Crippen molar-refractivity contribution in [1.29, 1.82) is 0 Å². The van der Waals surface area contributed by atoms with Gasteiger partial charge in [-0.15, -0.1) is 0 Å². The largest absolute Gasteiger partial charge is 0.289 e. The first-order valence-corrected chi connectivity index (χ1v) is 11.0. The summed E-state index contributed by atoms with van der Waals surface area (Å²) in [6, 6.07) is 16.5. The Balaban J connectivity index is 2.13. The maximum atomic E-state index is 12.9. The maximum Gasteiger partial charge on any atom is 0.193 e. The van der Waals surface area contributed by atoms with Crippen LogP contribution >= 0.6 is 0 Å². The second-order valence-electron chi connectivity index (χ2n) is 9.46. The van der Waals surface area contributed by atoms with E-state index in [9.17, 15) is 4.79 Å². The summed E-state index contributed by atoms with van der Waals surface area (Å²) in [4.78, 5) is 12.9. The van der Waals surface area contributed by atoms with Gasteiger partial charge in [0.1, 0.15) is 0 Å². The lowest BCUT2D eigenvalue weighted by Crippen LogP contribution is -2.17. The van der Waals surface area contributed by atoms with E-state index >= 15 is 0 Å². The van der Waals surface area contributed by atoms with Crippen LogP contribution in [0.4, 0.5) is 0 Å². The third-order valence-corrected chi connectivity index (χ3v) is 6.17. The SMILES string of the molecule is CCCCC(C)(C)c1ccc(C(=O)c2ccc(C(C)(C)CCCC)cc2)cc1. The van der Waals surface area contributed by atoms with Crippen LogP contribution in [0.2, 0.25) is 0 Å². The minimum atomic E-state index is 0.107. The molecular weight excluding hydrogens is 340 g/mol. The van der Waals surface area contributed by atoms with Crippen molar-refractivity contribution < 1.29 is 4.79 Å². The standard InChI is InChI=1S/C27H38O/c1-7-9-19-26(3,4)23-15-11-21(12-16-23)25(28)22-13-17-24(18-14-22)27(5,6)20-10-8-2/h11-18H,7-10,19-20H2,1-6H3. The average molecular weight is 379 g/mol. The lowest BCUT2D eigenvalue weighted by molar-refractivity contribution is 0.103. The summed E-state index contributed by atoms with van der Waals surface area (Å²) >= 11 is 0. The molecule has 0 saturated carbocycles. The molecule has 2 aromatic rings. The van der Waals surface area contributed by atoms with Gasteiger partial charge in [-0.1, -0.05) is 116 Å². The van der Waals surface area contributed by atoms with Crippen LogP contribution in [-0.4, -0.2) is 5.78 Å². The van der Waals surface area contributed by atoms with E-state index in [0.29, 0.717) is 0 Å². The van der Waals surface area contributed by atoms with Gasteiger partial charge < -0.3 is 0 Å². The van der Waals surface area contributed by atoms with Gasteiger partial charge in [0.05, 0.1) is 0 Å². The second kappa shape index (κ2) is 9.54. The molecule has 0 aliphatic carbocycles. The van der Waals surface area contributed by atoms with Crippen LogP contribution in [0.1, 0.15) is 107 Å². The third kappa shape index (κ3) is 5.56. The van der Waals surface area contributed by atoms with Crippen LogP contribution < -0.4 is 0 Å². The number of benzene rings is 2. The minimum Gasteiger partial charge on any atom is -0.289 e. The minimum absolute atomic E-state index is 0.107. The molecule has 0 heterocycles. The van der Waals surface area contributed by atoms with Crippen molar-refractivity contribution in [2.45, 2.75) is 90.9 Å². The lowest BCUT2D eigenvalue weighted by atomic mass is 9.79. The van der Waals surface area contributed by atoms with Gasteiger partial charge in [-0.25, -0.2) is 0 Å². The molecule has 1 heteroatoms. The molecule has 0 spiro atoms. The number of ketones is 1. The molecule has 28 heavy (non-hydrogen) atoms. The van der Waals surface area contributed by atoms with Crippen molar-refractivity contribution >= 4 is 5.78 Å². The van der Waals surface area contributed by atoms with E-state index in [2.05, 4.69) is 65.8 Å². The first kappa shape index (κ1) is 22.4. The van der Waals surface area contributed by atoms with Gasteiger partial charge in [-0.2, -0.15) is 0 Å². The second-order valence-corrected chi connectivity index (χ2v) is 9.46. The van der Waals surface area contributed by atoms with Crippen LogP contribution in [0.15, 0.2) is 48.5 Å². The molecule has 2 aromatic carbocycles. The first-order valence-electron chi connectivity index (χ1n) is 11.0. The number of unbranched alkanes of at least 4 members (excludes halogenated alkanes) is 2. The number of hydrogen-bond donors (Lipinski definition) is 0. The molecule has 0 fully saturated rings. The van der Waals surface area contributed by atoms with Crippen molar-refractivity contribution in [3.8, 4) is 0 Å². The molecule has 0 aliphatic heterocycles. The molecule has 2 rings (SSSR count). The molecule has 0 N–H and O–H groups in total. The highest BCUT2D eigenvalue weighted by Gasteiger charge is 2.22. The molecule has 0 bridgehead atoms. The van der Waals surface area contributed by atoms with E-state index in [0.717, 1.165) is 11.1 Å². The summed E-state index contributed by atoms with van der Waals surface area (Å²) < 4.78 is 0. The highest BCUT2D eigenvalue weighted by atomic mass is 16.1. The summed E-state index contributed by atoms with van der Waals surface area (Å²) in [6.07, 6.45) is 7.23. The van der Waals surface area contributed by atoms with Gasteiger partial charge in [0, 0.05) is 11.1 Å². The van der Waals surface area contributed by atoms with Gasteiger partial charge in [0.15, 0.2) is 5.78 Å². The van der Waals surface area contributed by atoms with Gasteiger partial charge in [0.25, 0.3) is 0 Å². The highest BCUT2D eigenvalue weighted by molar-refractivity contribution is 6.09. The quantitative estimate of drug-likeness (QED) is 0.385. The van der Waals surface area contributed by atoms with E-state index in [1.807, 2.05) is 24.3 Å². The number of hydrogen-bond acceptors (Lipinski definition) is 1. The van der Waals surface area contributed by atoms with Crippen molar-refractivity contribution in [1.82, 2.24) is 0 Å². The zero-order chi connectivity index (χ0) is 20.8. The van der Waals surface area contributed by atoms with Crippen molar-refractivity contribution in [2.75, 3.05) is 0 Å². The zero-order valence-electron chi connectivity index (χ0n) is 18.8. The Hall–Kier alpha value is -1.89. The smallest absolute Gasteiger partial charge is 0.193 e. The topological polar surface area (TPSA) is 17.1 Å². The molecule has 0 atom stereocenters. The van der Waals surface area contributed by atoms with Gasteiger partial charge in [-0.05, 0) is 34.8 Å².